The van der Waals surface area contributed by atoms with Crippen molar-refractivity contribution in [1.29, 1.82) is 0 Å². The molecule has 0 nitrogen and oxygen atoms in total. The monoisotopic (exact) mass is 808 g/mol. The molecular formula is C36H20Y4-8. The van der Waals surface area contributed by atoms with E-state index in [0.29, 0.717) is 0 Å². The van der Waals surface area contributed by atoms with Crippen LogP contribution in [0.2, 0.25) is 0 Å². The fourth-order valence-electron chi connectivity index (χ4n) is 3.77. The van der Waals surface area contributed by atoms with Gasteiger partial charge in [-0.05, 0) is 0 Å². The second kappa shape index (κ2) is 20.6. The van der Waals surface area contributed by atoms with E-state index in [1.165, 1.54) is 0 Å². The van der Waals surface area contributed by atoms with E-state index >= 15 is 0 Å². The van der Waals surface area contributed by atoms with Gasteiger partial charge in [-0.25, -0.2) is 58.7 Å². The Labute approximate surface area is 339 Å². The average Bonchev–Trinajstić information content (AvgIpc) is 2.99. The molecule has 0 saturated heterocycles. The summed E-state index contributed by atoms with van der Waals surface area (Å²) in [6, 6.07) is 65.1. The second-order valence-corrected chi connectivity index (χ2v) is 7.88. The fourth-order valence-corrected chi connectivity index (χ4v) is 3.77. The van der Waals surface area contributed by atoms with E-state index < -0.39 is 0 Å². The zero-order chi connectivity index (χ0) is 24.4. The normalized spacial score (nSPS) is 9.20. The standard InChI is InChI=1S/2C18H10.4Y/c1-3-9-15(10-4-1)17-13-7-8-14-18(17)16-11-5-2-6-12-16;1-3-8-15(9-4-1)17-12-7-13-18(14-17)16-10-5-2-6-11-16;;;;/h1-9,11H;1-8,10,14H;;;;/q2*-4;;;;. The summed E-state index contributed by atoms with van der Waals surface area (Å²) >= 11 is 0. The Morgan fingerprint density at radius 2 is 0.650 bits per heavy atom. The van der Waals surface area contributed by atoms with Gasteiger partial charge in [0.25, 0.3) is 0 Å². The SMILES string of the molecule is [Y].[Y].[Y].[Y].[c-]1ccccc1-c1[c-]c[c-]c(-c2[c-]cccc2)c1.[c-]1ccccc1-c1[c-]cc[c-]c1-c1[c-]cccc1. The van der Waals surface area contributed by atoms with Crippen molar-refractivity contribution in [3.63, 3.8) is 0 Å². The van der Waals surface area contributed by atoms with Crippen LogP contribution in [-0.2, 0) is 131 Å². The van der Waals surface area contributed by atoms with Crippen molar-refractivity contribution in [1.82, 2.24) is 0 Å². The van der Waals surface area contributed by atoms with Gasteiger partial charge >= 0.3 is 0 Å². The third-order valence-corrected chi connectivity index (χ3v) is 5.49. The maximum atomic E-state index is 3.27. The van der Waals surface area contributed by atoms with Crippen molar-refractivity contribution in [2.75, 3.05) is 0 Å². The van der Waals surface area contributed by atoms with Crippen LogP contribution in [0.4, 0.5) is 0 Å². The van der Waals surface area contributed by atoms with Gasteiger partial charge in [0.2, 0.25) is 0 Å². The number of hydrogen-bond acceptors (Lipinski definition) is 0. The van der Waals surface area contributed by atoms with Crippen molar-refractivity contribution in [3.8, 4) is 44.5 Å². The van der Waals surface area contributed by atoms with Crippen LogP contribution in [0.15, 0.2) is 121 Å². The maximum absolute atomic E-state index is 3.27. The Kier molecular flexibility index (Phi) is 19.5. The molecule has 40 heavy (non-hydrogen) atoms. The molecule has 4 radical (unpaired) electrons. The summed E-state index contributed by atoms with van der Waals surface area (Å²) in [6.07, 6.45) is 0. The Hall–Kier alpha value is -0.264. The van der Waals surface area contributed by atoms with Crippen LogP contribution in [0.1, 0.15) is 0 Å². The summed E-state index contributed by atoms with van der Waals surface area (Å²) in [6.45, 7) is 0. The summed E-state index contributed by atoms with van der Waals surface area (Å²) in [4.78, 5) is 0. The molecule has 0 heterocycles. The third-order valence-electron chi connectivity index (χ3n) is 5.49. The van der Waals surface area contributed by atoms with Crippen LogP contribution in [0, 0.1) is 48.5 Å². The Bertz CT molecular complexity index is 1390. The third kappa shape index (κ3) is 10.8. The smallest absolute Gasteiger partial charge is 0 e. The first-order valence-electron chi connectivity index (χ1n) is 11.6. The zero-order valence-electron chi connectivity index (χ0n) is 21.9. The predicted molar refractivity (Wildman–Crippen MR) is 145 cm³/mol. The van der Waals surface area contributed by atoms with E-state index in [0.717, 1.165) is 44.5 Å². The number of benzene rings is 6. The molecule has 0 aliphatic carbocycles. The minimum Gasteiger partial charge on any atom is -0.368 e. The molecule has 0 spiro atoms. The van der Waals surface area contributed by atoms with Crippen molar-refractivity contribution in [2.45, 2.75) is 0 Å². The van der Waals surface area contributed by atoms with E-state index in [1.807, 2.05) is 115 Å². The van der Waals surface area contributed by atoms with Crippen LogP contribution in [0.5, 0.6) is 0 Å². The van der Waals surface area contributed by atoms with E-state index in [-0.39, 0.29) is 131 Å². The molecule has 0 aliphatic heterocycles. The average molecular weight is 808 g/mol. The van der Waals surface area contributed by atoms with E-state index in [9.17, 15) is 0 Å². The Morgan fingerprint density at radius 3 is 0.975 bits per heavy atom. The van der Waals surface area contributed by atoms with Gasteiger partial charge in [-0.2, -0.15) is 66.2 Å². The molecule has 0 aromatic heterocycles. The molecule has 184 valence electrons. The molecular weight excluding hydrogens is 788 g/mol. The second-order valence-electron chi connectivity index (χ2n) is 7.88. The van der Waals surface area contributed by atoms with Crippen LogP contribution in [0.25, 0.3) is 44.5 Å². The molecule has 6 rings (SSSR count). The molecule has 0 N–H and O–H groups in total. The Morgan fingerprint density at radius 1 is 0.300 bits per heavy atom. The topological polar surface area (TPSA) is 0 Å². The maximum Gasteiger partial charge on any atom is 0 e. The molecule has 4 heteroatoms. The zero-order valence-corrected chi connectivity index (χ0v) is 33.2. The van der Waals surface area contributed by atoms with Gasteiger partial charge in [-0.3, -0.25) is 11.6 Å². The predicted octanol–water partition coefficient (Wildman–Crippen LogP) is 8.43. The minimum absolute atomic E-state index is 0. The summed E-state index contributed by atoms with van der Waals surface area (Å²) < 4.78 is 0. The van der Waals surface area contributed by atoms with Crippen molar-refractivity contribution in [2.24, 2.45) is 0 Å². The molecule has 6 aromatic rings. The van der Waals surface area contributed by atoms with Crippen molar-refractivity contribution < 1.29 is 131 Å². The van der Waals surface area contributed by atoms with E-state index in [4.69, 9.17) is 0 Å². The van der Waals surface area contributed by atoms with Crippen LogP contribution in [0.3, 0.4) is 0 Å². The van der Waals surface area contributed by atoms with Crippen LogP contribution < -0.4 is 0 Å². The van der Waals surface area contributed by atoms with Gasteiger partial charge in [-0.1, -0.05) is 0 Å². The Balaban J connectivity index is 0.000000364. The summed E-state index contributed by atoms with van der Waals surface area (Å²) in [5, 5.41) is 0. The van der Waals surface area contributed by atoms with Gasteiger partial charge in [0.15, 0.2) is 0 Å². The van der Waals surface area contributed by atoms with Gasteiger partial charge in [0.1, 0.15) is 0 Å². The molecule has 0 amide bonds. The summed E-state index contributed by atoms with van der Waals surface area (Å²) in [7, 11) is 0. The van der Waals surface area contributed by atoms with Crippen molar-refractivity contribution in [3.05, 3.63) is 170 Å². The molecule has 0 bridgehead atoms. The molecule has 0 saturated carbocycles. The van der Waals surface area contributed by atoms with Gasteiger partial charge in [0, 0.05) is 131 Å². The largest absolute Gasteiger partial charge is 0.368 e. The molecule has 0 fully saturated rings. The first kappa shape index (κ1) is 37.8. The van der Waals surface area contributed by atoms with E-state index in [1.54, 1.807) is 0 Å². The van der Waals surface area contributed by atoms with Crippen LogP contribution >= 0.6 is 0 Å². The molecule has 0 atom stereocenters. The van der Waals surface area contributed by atoms with Gasteiger partial charge in [0.05, 0.1) is 0 Å². The molecule has 0 unspecified atom stereocenters. The van der Waals surface area contributed by atoms with Gasteiger partial charge < -0.3 is 29.3 Å². The first-order chi connectivity index (χ1) is 17.9. The van der Waals surface area contributed by atoms with E-state index in [2.05, 4.69) is 54.6 Å². The molecule has 0 aliphatic rings. The summed E-state index contributed by atoms with van der Waals surface area (Å²) in [5.74, 6) is 0. The first-order valence-corrected chi connectivity index (χ1v) is 11.6. The van der Waals surface area contributed by atoms with Crippen molar-refractivity contribution >= 4 is 0 Å². The molecule has 6 aromatic carbocycles. The number of rotatable bonds is 4. The van der Waals surface area contributed by atoms with Crippen LogP contribution in [-0.4, -0.2) is 0 Å². The van der Waals surface area contributed by atoms with Gasteiger partial charge in [-0.15, -0.1) is 48.5 Å². The summed E-state index contributed by atoms with van der Waals surface area (Å²) in [5.41, 5.74) is 8.24. The quantitative estimate of drug-likeness (QED) is 0.157. The minimum atomic E-state index is 0. The number of hydrogen-bond donors (Lipinski definition) is 0. The fraction of sp³-hybridized carbons (Fsp3) is 0.